The molecule has 7 heteroatoms. The third kappa shape index (κ3) is 4.47. The highest BCUT2D eigenvalue weighted by molar-refractivity contribution is 7.99. The van der Waals surface area contributed by atoms with Gasteiger partial charge in [0, 0.05) is 17.8 Å². The first kappa shape index (κ1) is 15.9. The summed E-state index contributed by atoms with van der Waals surface area (Å²) in [6, 6.07) is 7.65. The molecule has 0 atom stereocenters. The highest BCUT2D eigenvalue weighted by Crippen LogP contribution is 2.21. The molecule has 0 saturated carbocycles. The van der Waals surface area contributed by atoms with Crippen molar-refractivity contribution in [2.75, 3.05) is 12.8 Å². The molecule has 1 aromatic carbocycles. The van der Waals surface area contributed by atoms with Crippen LogP contribution in [0.15, 0.2) is 28.9 Å². The van der Waals surface area contributed by atoms with Gasteiger partial charge in [-0.3, -0.25) is 4.79 Å². The average Bonchev–Trinajstić information content (AvgIpc) is 2.86. The van der Waals surface area contributed by atoms with Gasteiger partial charge in [0.1, 0.15) is 11.4 Å². The van der Waals surface area contributed by atoms with Crippen LogP contribution in [-0.4, -0.2) is 33.9 Å². The van der Waals surface area contributed by atoms with Gasteiger partial charge in [-0.2, -0.15) is 0 Å². The van der Waals surface area contributed by atoms with E-state index in [1.165, 1.54) is 11.8 Å². The number of nitrogens with zero attached hydrogens (tertiary/aromatic N) is 3. The summed E-state index contributed by atoms with van der Waals surface area (Å²) in [5.41, 5.74) is 2.43. The zero-order chi connectivity index (χ0) is 15.2. The number of hydrogen-bond donors (Lipinski definition) is 0. The summed E-state index contributed by atoms with van der Waals surface area (Å²) in [5.74, 6) is 1.14. The van der Waals surface area contributed by atoms with Crippen LogP contribution in [0.1, 0.15) is 17.0 Å². The summed E-state index contributed by atoms with van der Waals surface area (Å²) in [7, 11) is 1.74. The molecule has 2 rings (SSSR count). The van der Waals surface area contributed by atoms with Crippen molar-refractivity contribution in [2.24, 2.45) is 0 Å². The lowest BCUT2D eigenvalue weighted by molar-refractivity contribution is -0.127. The predicted molar refractivity (Wildman–Crippen MR) is 83.1 cm³/mol. The summed E-state index contributed by atoms with van der Waals surface area (Å²) < 4.78 is 4.62. The lowest BCUT2D eigenvalue weighted by Crippen LogP contribution is -2.28. The van der Waals surface area contributed by atoms with Crippen molar-refractivity contribution in [1.82, 2.24) is 15.2 Å². The first-order chi connectivity index (χ1) is 10.1. The molecule has 1 heterocycles. The molecule has 0 aliphatic heterocycles. The minimum absolute atomic E-state index is 0.0365. The molecule has 0 radical (unpaired) electrons. The first-order valence-corrected chi connectivity index (χ1v) is 7.94. The monoisotopic (exact) mass is 325 g/mol. The lowest BCUT2D eigenvalue weighted by atomic mass is 10.2. The fraction of sp³-hybridized carbons (Fsp3) is 0.357. The molecule has 0 aliphatic rings. The van der Waals surface area contributed by atoms with E-state index in [1.54, 1.807) is 18.9 Å². The minimum atomic E-state index is 0.0365. The van der Waals surface area contributed by atoms with Crippen LogP contribution in [0, 0.1) is 6.92 Å². The molecule has 0 saturated heterocycles. The van der Waals surface area contributed by atoms with Crippen molar-refractivity contribution in [2.45, 2.75) is 19.2 Å². The summed E-state index contributed by atoms with van der Waals surface area (Å²) in [6.07, 6.45) is 0. The van der Waals surface area contributed by atoms with E-state index in [2.05, 4.69) is 14.9 Å². The van der Waals surface area contributed by atoms with E-state index in [-0.39, 0.29) is 5.91 Å². The Hall–Kier alpha value is -1.53. The summed E-state index contributed by atoms with van der Waals surface area (Å²) in [6.45, 7) is 2.21. The number of amides is 1. The van der Waals surface area contributed by atoms with Crippen molar-refractivity contribution in [3.05, 3.63) is 46.2 Å². The number of hydrogen-bond acceptors (Lipinski definition) is 5. The van der Waals surface area contributed by atoms with Crippen LogP contribution in [0.5, 0.6) is 0 Å². The Balaban J connectivity index is 1.79. The molecule has 1 amide bonds. The van der Waals surface area contributed by atoms with Crippen LogP contribution in [0.25, 0.3) is 0 Å². The number of thioether (sulfide) groups is 1. The average molecular weight is 326 g/mol. The number of rotatable bonds is 6. The van der Waals surface area contributed by atoms with E-state index < -0.39 is 0 Å². The van der Waals surface area contributed by atoms with Gasteiger partial charge in [-0.1, -0.05) is 40.1 Å². The van der Waals surface area contributed by atoms with Gasteiger partial charge in [0.15, 0.2) is 0 Å². The second-order valence-electron chi connectivity index (χ2n) is 4.63. The minimum Gasteiger partial charge on any atom is -0.339 e. The molecular formula is C14H16ClN3O2S. The second kappa shape index (κ2) is 7.47. The molecule has 2 aromatic rings. The van der Waals surface area contributed by atoms with Crippen LogP contribution >= 0.6 is 23.4 Å². The Morgan fingerprint density at radius 2 is 2.14 bits per heavy atom. The van der Waals surface area contributed by atoms with Gasteiger partial charge in [0.05, 0.1) is 12.3 Å². The van der Waals surface area contributed by atoms with Crippen molar-refractivity contribution >= 4 is 29.3 Å². The van der Waals surface area contributed by atoms with Crippen molar-refractivity contribution < 1.29 is 9.42 Å². The Bertz CT molecular complexity index is 618. The molecule has 0 aliphatic carbocycles. The summed E-state index contributed by atoms with van der Waals surface area (Å²) in [4.78, 5) is 13.7. The molecule has 112 valence electrons. The van der Waals surface area contributed by atoms with E-state index in [4.69, 9.17) is 11.6 Å². The Morgan fingerprint density at radius 3 is 2.81 bits per heavy atom. The van der Waals surface area contributed by atoms with Crippen molar-refractivity contribution in [3.63, 3.8) is 0 Å². The van der Waals surface area contributed by atoms with E-state index in [0.29, 0.717) is 29.4 Å². The SMILES string of the molecule is Cc1nonc1CN(C)C(=O)CSCc1ccccc1Cl. The summed E-state index contributed by atoms with van der Waals surface area (Å²) >= 11 is 7.62. The van der Waals surface area contributed by atoms with Gasteiger partial charge in [0.2, 0.25) is 5.91 Å². The van der Waals surface area contributed by atoms with Gasteiger partial charge in [-0.15, -0.1) is 11.8 Å². The largest absolute Gasteiger partial charge is 0.339 e. The van der Waals surface area contributed by atoms with Gasteiger partial charge in [0.25, 0.3) is 0 Å². The molecule has 0 N–H and O–H groups in total. The Kier molecular flexibility index (Phi) is 5.64. The van der Waals surface area contributed by atoms with Gasteiger partial charge < -0.3 is 4.90 Å². The third-order valence-corrected chi connectivity index (χ3v) is 4.33. The van der Waals surface area contributed by atoms with Crippen LogP contribution in [0.4, 0.5) is 0 Å². The standard InChI is InChI=1S/C14H16ClN3O2S/c1-10-13(17-20-16-10)7-18(2)14(19)9-21-8-11-5-3-4-6-12(11)15/h3-6H,7-9H2,1-2H3. The van der Waals surface area contributed by atoms with E-state index in [1.807, 2.05) is 24.3 Å². The number of halogens is 1. The fourth-order valence-electron chi connectivity index (χ4n) is 1.68. The van der Waals surface area contributed by atoms with Crippen molar-refractivity contribution in [3.8, 4) is 0 Å². The zero-order valence-corrected chi connectivity index (χ0v) is 13.4. The van der Waals surface area contributed by atoms with Gasteiger partial charge in [-0.05, 0) is 18.6 Å². The highest BCUT2D eigenvalue weighted by Gasteiger charge is 2.14. The highest BCUT2D eigenvalue weighted by atomic mass is 35.5. The maximum Gasteiger partial charge on any atom is 0.232 e. The quantitative estimate of drug-likeness (QED) is 0.817. The molecule has 0 fully saturated rings. The topological polar surface area (TPSA) is 59.2 Å². The predicted octanol–water partition coefficient (Wildman–Crippen LogP) is 2.92. The van der Waals surface area contributed by atoms with Crippen molar-refractivity contribution in [1.29, 1.82) is 0 Å². The molecule has 0 bridgehead atoms. The number of carbonyl (C=O) groups excluding carboxylic acids is 1. The lowest BCUT2D eigenvalue weighted by Gasteiger charge is -2.15. The maximum absolute atomic E-state index is 12.0. The number of aryl methyl sites for hydroxylation is 1. The number of benzene rings is 1. The van der Waals surface area contributed by atoms with Crippen LogP contribution in [0.3, 0.4) is 0 Å². The number of aromatic nitrogens is 2. The molecule has 21 heavy (non-hydrogen) atoms. The third-order valence-electron chi connectivity index (χ3n) is 3.00. The molecular weight excluding hydrogens is 310 g/mol. The smallest absolute Gasteiger partial charge is 0.232 e. The molecule has 0 unspecified atom stereocenters. The molecule has 5 nitrogen and oxygen atoms in total. The molecule has 0 spiro atoms. The normalized spacial score (nSPS) is 10.6. The zero-order valence-electron chi connectivity index (χ0n) is 11.9. The van der Waals surface area contributed by atoms with E-state index in [9.17, 15) is 4.79 Å². The maximum atomic E-state index is 12.0. The number of carbonyl (C=O) groups is 1. The van der Waals surface area contributed by atoms with Gasteiger partial charge >= 0.3 is 0 Å². The van der Waals surface area contributed by atoms with Gasteiger partial charge in [-0.25, -0.2) is 4.63 Å². The first-order valence-electron chi connectivity index (χ1n) is 6.41. The fourth-order valence-corrected chi connectivity index (χ4v) is 2.93. The van der Waals surface area contributed by atoms with Crippen LogP contribution in [0.2, 0.25) is 5.02 Å². The summed E-state index contributed by atoms with van der Waals surface area (Å²) in [5, 5.41) is 8.20. The van der Waals surface area contributed by atoms with E-state index >= 15 is 0 Å². The van der Waals surface area contributed by atoms with E-state index in [0.717, 1.165) is 10.6 Å². The second-order valence-corrected chi connectivity index (χ2v) is 6.02. The Labute approximate surface area is 132 Å². The van der Waals surface area contributed by atoms with Crippen LogP contribution < -0.4 is 0 Å². The molecule has 1 aromatic heterocycles. The Morgan fingerprint density at radius 1 is 1.38 bits per heavy atom. The van der Waals surface area contributed by atoms with Crippen LogP contribution in [-0.2, 0) is 17.1 Å².